The van der Waals surface area contributed by atoms with Gasteiger partial charge in [-0.05, 0) is 49.1 Å². The molecule has 1 aromatic carbocycles. The first-order chi connectivity index (χ1) is 7.78. The number of hydrogen-bond acceptors (Lipinski definition) is 3. The molecule has 3 heteroatoms. The van der Waals surface area contributed by atoms with Crippen molar-refractivity contribution in [3.05, 3.63) is 48.2 Å². The molecule has 1 aromatic heterocycles. The average Bonchev–Trinajstić information content (AvgIpc) is 2.29. The number of nitrogens with zero attached hydrogens (tertiary/aromatic N) is 1. The molecule has 0 radical (unpaired) electrons. The van der Waals surface area contributed by atoms with E-state index in [1.807, 2.05) is 30.5 Å². The first-order valence-corrected chi connectivity index (χ1v) is 6.34. The number of rotatable bonds is 3. The van der Waals surface area contributed by atoms with Crippen molar-refractivity contribution >= 4 is 23.3 Å². The van der Waals surface area contributed by atoms with Crippen LogP contribution in [0.1, 0.15) is 5.56 Å². The number of pyridine rings is 1. The molecule has 0 amide bonds. The first-order valence-electron chi connectivity index (χ1n) is 5.11. The lowest BCUT2D eigenvalue weighted by Crippen LogP contribution is -1.93. The van der Waals surface area contributed by atoms with Gasteiger partial charge in [0.25, 0.3) is 0 Å². The van der Waals surface area contributed by atoms with E-state index in [0.717, 1.165) is 11.5 Å². The summed E-state index contributed by atoms with van der Waals surface area (Å²) in [5.41, 5.74) is 2.28. The van der Waals surface area contributed by atoms with Crippen molar-refractivity contribution in [2.45, 2.75) is 11.8 Å². The molecule has 82 valence electrons. The number of aryl methyl sites for hydroxylation is 1. The Labute approximate surface area is 100 Å². The molecule has 0 aliphatic heterocycles. The van der Waals surface area contributed by atoms with Gasteiger partial charge in [0.05, 0.1) is 0 Å². The van der Waals surface area contributed by atoms with E-state index in [2.05, 4.69) is 35.6 Å². The van der Waals surface area contributed by atoms with Crippen LogP contribution < -0.4 is 5.32 Å². The zero-order valence-corrected chi connectivity index (χ0v) is 10.2. The Balaban J connectivity index is 2.20. The van der Waals surface area contributed by atoms with Gasteiger partial charge in [-0.25, -0.2) is 4.98 Å². The van der Waals surface area contributed by atoms with E-state index in [4.69, 9.17) is 0 Å². The smallest absolute Gasteiger partial charge is 0.130 e. The van der Waals surface area contributed by atoms with Crippen LogP contribution in [0.3, 0.4) is 0 Å². The summed E-state index contributed by atoms with van der Waals surface area (Å²) in [5.74, 6) is 0.887. The zero-order valence-electron chi connectivity index (χ0n) is 9.40. The van der Waals surface area contributed by atoms with Gasteiger partial charge < -0.3 is 5.32 Å². The number of anilines is 2. The summed E-state index contributed by atoms with van der Waals surface area (Å²) in [6, 6.07) is 12.3. The number of hydrogen-bond donors (Lipinski definition) is 1. The van der Waals surface area contributed by atoms with Crippen molar-refractivity contribution in [2.24, 2.45) is 0 Å². The van der Waals surface area contributed by atoms with Gasteiger partial charge >= 0.3 is 0 Å². The average molecular weight is 230 g/mol. The third kappa shape index (κ3) is 2.76. The van der Waals surface area contributed by atoms with Gasteiger partial charge in [0.2, 0.25) is 0 Å². The van der Waals surface area contributed by atoms with Crippen molar-refractivity contribution in [3.63, 3.8) is 0 Å². The number of thioether (sulfide) groups is 1. The Morgan fingerprint density at radius 2 is 2.06 bits per heavy atom. The fourth-order valence-electron chi connectivity index (χ4n) is 1.45. The Morgan fingerprint density at radius 1 is 1.19 bits per heavy atom. The molecular formula is C13H14N2S. The van der Waals surface area contributed by atoms with Crippen molar-refractivity contribution in [2.75, 3.05) is 11.6 Å². The maximum Gasteiger partial charge on any atom is 0.130 e. The van der Waals surface area contributed by atoms with Crippen LogP contribution in [0.4, 0.5) is 11.5 Å². The molecular weight excluding hydrogens is 216 g/mol. The third-order valence-corrected chi connectivity index (χ3v) is 2.98. The van der Waals surface area contributed by atoms with Crippen LogP contribution in [0.2, 0.25) is 0 Å². The predicted octanol–water partition coefficient (Wildman–Crippen LogP) is 3.86. The molecule has 1 N–H and O–H groups in total. The van der Waals surface area contributed by atoms with Gasteiger partial charge in [-0.3, -0.25) is 0 Å². The SMILES string of the molecule is CSc1cccc(Nc2cc(C)ccn2)c1. The monoisotopic (exact) mass is 230 g/mol. The molecule has 0 atom stereocenters. The van der Waals surface area contributed by atoms with Crippen molar-refractivity contribution in [1.29, 1.82) is 0 Å². The normalized spacial score (nSPS) is 10.1. The minimum Gasteiger partial charge on any atom is -0.340 e. The van der Waals surface area contributed by atoms with E-state index < -0.39 is 0 Å². The van der Waals surface area contributed by atoms with Gasteiger partial charge in [0.1, 0.15) is 5.82 Å². The first kappa shape index (κ1) is 11.0. The molecule has 0 aliphatic carbocycles. The Morgan fingerprint density at radius 3 is 2.81 bits per heavy atom. The minimum atomic E-state index is 0.887. The van der Waals surface area contributed by atoms with Gasteiger partial charge in [-0.1, -0.05) is 6.07 Å². The Kier molecular flexibility index (Phi) is 3.47. The highest BCUT2D eigenvalue weighted by Gasteiger charge is 1.97. The summed E-state index contributed by atoms with van der Waals surface area (Å²) in [6.07, 6.45) is 3.89. The number of benzene rings is 1. The molecule has 2 aromatic rings. The van der Waals surface area contributed by atoms with Crippen LogP contribution in [0.25, 0.3) is 0 Å². The second-order valence-electron chi connectivity index (χ2n) is 3.58. The van der Waals surface area contributed by atoms with Gasteiger partial charge in [0, 0.05) is 16.8 Å². The molecule has 0 saturated heterocycles. The topological polar surface area (TPSA) is 24.9 Å². The quantitative estimate of drug-likeness (QED) is 0.810. The molecule has 0 aliphatic rings. The molecule has 2 rings (SSSR count). The molecule has 0 bridgehead atoms. The summed E-state index contributed by atoms with van der Waals surface area (Å²) < 4.78 is 0. The van der Waals surface area contributed by atoms with Gasteiger partial charge in [-0.15, -0.1) is 11.8 Å². The molecule has 0 spiro atoms. The van der Waals surface area contributed by atoms with Crippen LogP contribution in [0.5, 0.6) is 0 Å². The van der Waals surface area contributed by atoms with Crippen LogP contribution >= 0.6 is 11.8 Å². The molecule has 0 saturated carbocycles. The molecule has 16 heavy (non-hydrogen) atoms. The highest BCUT2D eigenvalue weighted by atomic mass is 32.2. The summed E-state index contributed by atoms with van der Waals surface area (Å²) in [4.78, 5) is 5.52. The second kappa shape index (κ2) is 5.03. The van der Waals surface area contributed by atoms with E-state index in [1.165, 1.54) is 10.5 Å². The lowest BCUT2D eigenvalue weighted by molar-refractivity contribution is 1.27. The van der Waals surface area contributed by atoms with E-state index in [-0.39, 0.29) is 0 Å². The minimum absolute atomic E-state index is 0.887. The summed E-state index contributed by atoms with van der Waals surface area (Å²) in [5, 5.41) is 3.30. The predicted molar refractivity (Wildman–Crippen MR) is 70.5 cm³/mol. The third-order valence-electron chi connectivity index (χ3n) is 2.26. The van der Waals surface area contributed by atoms with Crippen LogP contribution in [0, 0.1) is 6.92 Å². The van der Waals surface area contributed by atoms with Crippen LogP contribution in [-0.4, -0.2) is 11.2 Å². The summed E-state index contributed by atoms with van der Waals surface area (Å²) >= 11 is 1.74. The maximum absolute atomic E-state index is 4.27. The molecule has 0 unspecified atom stereocenters. The molecule has 1 heterocycles. The van der Waals surface area contributed by atoms with Crippen molar-refractivity contribution in [1.82, 2.24) is 4.98 Å². The maximum atomic E-state index is 4.27. The van der Waals surface area contributed by atoms with E-state index in [1.54, 1.807) is 11.8 Å². The molecule has 0 fully saturated rings. The summed E-state index contributed by atoms with van der Waals surface area (Å²) in [6.45, 7) is 2.06. The lowest BCUT2D eigenvalue weighted by Gasteiger charge is -2.07. The second-order valence-corrected chi connectivity index (χ2v) is 4.46. The van der Waals surface area contributed by atoms with Gasteiger partial charge in [-0.2, -0.15) is 0 Å². The van der Waals surface area contributed by atoms with Crippen LogP contribution in [-0.2, 0) is 0 Å². The van der Waals surface area contributed by atoms with E-state index in [0.29, 0.717) is 0 Å². The van der Waals surface area contributed by atoms with E-state index >= 15 is 0 Å². The standard InChI is InChI=1S/C13H14N2S/c1-10-6-7-14-13(8-10)15-11-4-3-5-12(9-11)16-2/h3-9H,1-2H3,(H,14,15). The van der Waals surface area contributed by atoms with Crippen LogP contribution in [0.15, 0.2) is 47.5 Å². The van der Waals surface area contributed by atoms with E-state index in [9.17, 15) is 0 Å². The Hall–Kier alpha value is -1.48. The lowest BCUT2D eigenvalue weighted by atomic mass is 10.3. The zero-order chi connectivity index (χ0) is 11.4. The van der Waals surface area contributed by atoms with Gasteiger partial charge in [0.15, 0.2) is 0 Å². The van der Waals surface area contributed by atoms with Crippen molar-refractivity contribution in [3.8, 4) is 0 Å². The fourth-order valence-corrected chi connectivity index (χ4v) is 1.91. The number of aromatic nitrogens is 1. The Bertz CT molecular complexity index is 483. The fraction of sp³-hybridized carbons (Fsp3) is 0.154. The highest BCUT2D eigenvalue weighted by molar-refractivity contribution is 7.98. The molecule has 2 nitrogen and oxygen atoms in total. The largest absolute Gasteiger partial charge is 0.340 e. The number of nitrogens with one attached hydrogen (secondary N) is 1. The summed E-state index contributed by atoms with van der Waals surface area (Å²) in [7, 11) is 0. The van der Waals surface area contributed by atoms with Crippen molar-refractivity contribution < 1.29 is 0 Å². The highest BCUT2D eigenvalue weighted by Crippen LogP contribution is 2.21.